The molecular weight excluding hydrogens is 272 g/mol. The van der Waals surface area contributed by atoms with Gasteiger partial charge in [0.2, 0.25) is 11.7 Å². The Balaban J connectivity index is 2.39. The molecule has 112 valence electrons. The molecule has 0 unspecified atom stereocenters. The maximum absolute atomic E-state index is 12.3. The average Bonchev–Trinajstić information content (AvgIpc) is 2.63. The molecule has 6 nitrogen and oxygen atoms in total. The van der Waals surface area contributed by atoms with Crippen molar-refractivity contribution in [3.05, 3.63) is 35.7 Å². The van der Waals surface area contributed by atoms with Gasteiger partial charge in [0.15, 0.2) is 11.2 Å². The fourth-order valence-corrected chi connectivity index (χ4v) is 1.97. The van der Waals surface area contributed by atoms with Gasteiger partial charge in [-0.05, 0) is 32.9 Å². The van der Waals surface area contributed by atoms with Gasteiger partial charge in [0.1, 0.15) is 0 Å². The first-order chi connectivity index (χ1) is 9.86. The van der Waals surface area contributed by atoms with Crippen LogP contribution in [-0.2, 0) is 19.1 Å². The summed E-state index contributed by atoms with van der Waals surface area (Å²) in [6.45, 7) is 5.04. The lowest BCUT2D eigenvalue weighted by molar-refractivity contribution is -0.140. The molecule has 0 bridgehead atoms. The minimum atomic E-state index is -1.12. The molecule has 1 aromatic rings. The summed E-state index contributed by atoms with van der Waals surface area (Å²) >= 11 is 0. The lowest BCUT2D eigenvalue weighted by Gasteiger charge is -2.18. The molecule has 1 aliphatic rings. The van der Waals surface area contributed by atoms with E-state index < -0.39 is 17.4 Å². The third kappa shape index (κ3) is 2.84. The van der Waals surface area contributed by atoms with Crippen LogP contribution in [0.25, 0.3) is 0 Å². The Hall–Kier alpha value is -2.50. The summed E-state index contributed by atoms with van der Waals surface area (Å²) in [4.78, 5) is 24.3. The van der Waals surface area contributed by atoms with Crippen LogP contribution in [0, 0.1) is 0 Å². The van der Waals surface area contributed by atoms with E-state index in [4.69, 9.17) is 15.2 Å². The third-order valence-electron chi connectivity index (χ3n) is 3.05. The van der Waals surface area contributed by atoms with Crippen molar-refractivity contribution in [1.29, 1.82) is 0 Å². The van der Waals surface area contributed by atoms with Crippen molar-refractivity contribution in [2.24, 2.45) is 0 Å². The van der Waals surface area contributed by atoms with Crippen LogP contribution in [0.2, 0.25) is 0 Å². The van der Waals surface area contributed by atoms with E-state index in [-0.39, 0.29) is 18.1 Å². The van der Waals surface area contributed by atoms with Crippen LogP contribution < -0.4 is 11.1 Å². The number of ketones is 1. The van der Waals surface area contributed by atoms with Gasteiger partial charge in [-0.2, -0.15) is 0 Å². The van der Waals surface area contributed by atoms with Crippen LogP contribution in [0.15, 0.2) is 35.7 Å². The van der Waals surface area contributed by atoms with Gasteiger partial charge in [-0.25, -0.2) is 4.79 Å². The number of anilines is 2. The standard InChI is InChI=1S/C15H18N2O4/c1-4-20-14(19)11-12(18)15(2,3)21-13(11)17-10-8-6-5-7-9(10)16/h5-8,17H,4,16H2,1-3H3. The highest BCUT2D eigenvalue weighted by molar-refractivity contribution is 6.22. The Morgan fingerprint density at radius 3 is 2.67 bits per heavy atom. The van der Waals surface area contributed by atoms with E-state index in [2.05, 4.69) is 5.32 Å². The lowest BCUT2D eigenvalue weighted by Crippen LogP contribution is -2.31. The second-order valence-corrected chi connectivity index (χ2v) is 5.08. The highest BCUT2D eigenvalue weighted by Crippen LogP contribution is 2.32. The van der Waals surface area contributed by atoms with E-state index in [0.717, 1.165) is 0 Å². The predicted molar refractivity (Wildman–Crippen MR) is 78.3 cm³/mol. The predicted octanol–water partition coefficient (Wildman–Crippen LogP) is 1.83. The van der Waals surface area contributed by atoms with E-state index in [0.29, 0.717) is 11.4 Å². The summed E-state index contributed by atoms with van der Waals surface area (Å²) in [6.07, 6.45) is 0. The van der Waals surface area contributed by atoms with Crippen molar-refractivity contribution in [3.8, 4) is 0 Å². The largest absolute Gasteiger partial charge is 0.464 e. The first-order valence-corrected chi connectivity index (χ1v) is 6.63. The molecule has 1 aliphatic heterocycles. The first kappa shape index (κ1) is 14.9. The van der Waals surface area contributed by atoms with Crippen molar-refractivity contribution in [2.75, 3.05) is 17.7 Å². The molecule has 0 radical (unpaired) electrons. The number of Topliss-reactive ketones (excluding diaryl/α,β-unsaturated/α-hetero) is 1. The van der Waals surface area contributed by atoms with Gasteiger partial charge >= 0.3 is 5.97 Å². The maximum atomic E-state index is 12.3. The van der Waals surface area contributed by atoms with Gasteiger partial charge in [-0.1, -0.05) is 12.1 Å². The van der Waals surface area contributed by atoms with Crippen molar-refractivity contribution in [1.82, 2.24) is 0 Å². The Bertz CT molecular complexity index is 620. The van der Waals surface area contributed by atoms with Gasteiger partial charge in [0, 0.05) is 0 Å². The summed E-state index contributed by atoms with van der Waals surface area (Å²) in [5.41, 5.74) is 5.64. The van der Waals surface area contributed by atoms with Crippen molar-refractivity contribution >= 4 is 23.1 Å². The zero-order valence-electron chi connectivity index (χ0n) is 12.2. The van der Waals surface area contributed by atoms with Gasteiger partial charge in [0.05, 0.1) is 18.0 Å². The number of nitrogens with two attached hydrogens (primary N) is 1. The van der Waals surface area contributed by atoms with Crippen LogP contribution in [-0.4, -0.2) is 24.0 Å². The number of benzene rings is 1. The van der Waals surface area contributed by atoms with E-state index in [9.17, 15) is 9.59 Å². The zero-order valence-corrected chi connectivity index (χ0v) is 12.2. The smallest absolute Gasteiger partial charge is 0.347 e. The molecule has 0 saturated carbocycles. The topological polar surface area (TPSA) is 90.7 Å². The number of hydrogen-bond acceptors (Lipinski definition) is 6. The molecule has 2 rings (SSSR count). The van der Waals surface area contributed by atoms with Crippen LogP contribution in [0.5, 0.6) is 0 Å². The van der Waals surface area contributed by atoms with Crippen LogP contribution in [0.3, 0.4) is 0 Å². The number of carbonyl (C=O) groups excluding carboxylic acids is 2. The summed E-state index contributed by atoms with van der Waals surface area (Å²) in [5, 5.41) is 2.90. The van der Waals surface area contributed by atoms with E-state index in [1.807, 2.05) is 0 Å². The summed E-state index contributed by atoms with van der Waals surface area (Å²) < 4.78 is 10.5. The van der Waals surface area contributed by atoms with E-state index >= 15 is 0 Å². The number of ether oxygens (including phenoxy) is 2. The highest BCUT2D eigenvalue weighted by Gasteiger charge is 2.46. The first-order valence-electron chi connectivity index (χ1n) is 6.63. The second-order valence-electron chi connectivity index (χ2n) is 5.08. The molecule has 0 atom stereocenters. The number of carbonyl (C=O) groups is 2. The molecule has 1 aromatic carbocycles. The Morgan fingerprint density at radius 1 is 1.38 bits per heavy atom. The third-order valence-corrected chi connectivity index (χ3v) is 3.05. The molecule has 0 spiro atoms. The van der Waals surface area contributed by atoms with Gasteiger partial charge < -0.3 is 20.5 Å². The maximum Gasteiger partial charge on any atom is 0.347 e. The van der Waals surface area contributed by atoms with Crippen molar-refractivity contribution < 1.29 is 19.1 Å². The number of nitrogens with one attached hydrogen (secondary N) is 1. The van der Waals surface area contributed by atoms with Gasteiger partial charge in [-0.3, -0.25) is 4.79 Å². The minimum Gasteiger partial charge on any atom is -0.464 e. The van der Waals surface area contributed by atoms with Gasteiger partial charge in [0.25, 0.3) is 0 Å². The zero-order chi connectivity index (χ0) is 15.6. The number of nitrogen functional groups attached to an aromatic ring is 1. The van der Waals surface area contributed by atoms with Gasteiger partial charge in [-0.15, -0.1) is 0 Å². The molecule has 0 saturated heterocycles. The molecule has 0 amide bonds. The van der Waals surface area contributed by atoms with Crippen LogP contribution >= 0.6 is 0 Å². The number of para-hydroxylation sites is 2. The number of hydrogen-bond donors (Lipinski definition) is 2. The summed E-state index contributed by atoms with van der Waals surface area (Å²) in [7, 11) is 0. The average molecular weight is 290 g/mol. The molecule has 0 fully saturated rings. The Kier molecular flexibility index (Phi) is 3.88. The lowest BCUT2D eigenvalue weighted by atomic mass is 10.00. The number of esters is 1. The minimum absolute atomic E-state index is 0.0707. The molecular formula is C15H18N2O4. The molecule has 1 heterocycles. The summed E-state index contributed by atoms with van der Waals surface area (Å²) in [5.74, 6) is -1.05. The summed E-state index contributed by atoms with van der Waals surface area (Å²) in [6, 6.07) is 7.00. The SMILES string of the molecule is CCOC(=O)C1=C(Nc2ccccc2N)OC(C)(C)C1=O. The monoisotopic (exact) mass is 290 g/mol. The quantitative estimate of drug-likeness (QED) is 0.499. The fourth-order valence-electron chi connectivity index (χ4n) is 1.97. The van der Waals surface area contributed by atoms with E-state index in [1.54, 1.807) is 45.0 Å². The van der Waals surface area contributed by atoms with Crippen molar-refractivity contribution in [3.63, 3.8) is 0 Å². The van der Waals surface area contributed by atoms with Crippen LogP contribution in [0.1, 0.15) is 20.8 Å². The number of rotatable bonds is 4. The second kappa shape index (κ2) is 5.47. The Morgan fingerprint density at radius 2 is 2.05 bits per heavy atom. The Labute approximate surface area is 122 Å². The molecule has 3 N–H and O–H groups in total. The molecule has 21 heavy (non-hydrogen) atoms. The van der Waals surface area contributed by atoms with E-state index in [1.165, 1.54) is 0 Å². The van der Waals surface area contributed by atoms with Crippen molar-refractivity contribution in [2.45, 2.75) is 26.4 Å². The molecule has 6 heteroatoms. The molecule has 0 aliphatic carbocycles. The normalized spacial score (nSPS) is 16.6. The van der Waals surface area contributed by atoms with Crippen LogP contribution in [0.4, 0.5) is 11.4 Å². The highest BCUT2D eigenvalue weighted by atomic mass is 16.5. The fraction of sp³-hybridized carbons (Fsp3) is 0.333. The molecule has 0 aromatic heterocycles.